The van der Waals surface area contributed by atoms with Crippen LogP contribution in [-0.2, 0) is 0 Å². The van der Waals surface area contributed by atoms with Gasteiger partial charge in [-0.25, -0.2) is 9.48 Å². The van der Waals surface area contributed by atoms with Crippen molar-refractivity contribution in [1.29, 1.82) is 0 Å². The molecular formula is C11H8ClN3O4. The number of hydrogen-bond donors (Lipinski definition) is 1. The second-order valence-electron chi connectivity index (χ2n) is 3.79. The predicted octanol–water partition coefficient (Wildman–Crippen LogP) is 2.44. The molecule has 7 nitrogen and oxygen atoms in total. The van der Waals surface area contributed by atoms with Crippen LogP contribution in [0.4, 0.5) is 5.69 Å². The Balaban J connectivity index is 2.72. The average molecular weight is 282 g/mol. The van der Waals surface area contributed by atoms with Gasteiger partial charge in [-0.3, -0.25) is 10.1 Å². The predicted molar refractivity (Wildman–Crippen MR) is 66.9 cm³/mol. The number of carboxylic acid groups (broad SMARTS) is 1. The smallest absolute Gasteiger partial charge is 0.338 e. The number of rotatable bonds is 3. The lowest BCUT2D eigenvalue weighted by Gasteiger charge is -2.08. The summed E-state index contributed by atoms with van der Waals surface area (Å²) in [6, 6.07) is 3.73. The lowest BCUT2D eigenvalue weighted by Crippen LogP contribution is -2.08. The van der Waals surface area contributed by atoms with Crippen molar-refractivity contribution in [3.8, 4) is 5.69 Å². The molecule has 19 heavy (non-hydrogen) atoms. The topological polar surface area (TPSA) is 98.3 Å². The molecule has 2 rings (SSSR count). The average Bonchev–Trinajstić information content (AvgIpc) is 2.74. The van der Waals surface area contributed by atoms with Crippen molar-refractivity contribution in [3.05, 3.63) is 50.8 Å². The summed E-state index contributed by atoms with van der Waals surface area (Å²) in [5, 5.41) is 23.9. The van der Waals surface area contributed by atoms with E-state index in [-0.39, 0.29) is 22.0 Å². The van der Waals surface area contributed by atoms with E-state index in [1.54, 1.807) is 13.0 Å². The molecule has 1 heterocycles. The Morgan fingerprint density at radius 3 is 2.68 bits per heavy atom. The van der Waals surface area contributed by atoms with Crippen molar-refractivity contribution in [2.24, 2.45) is 0 Å². The lowest BCUT2D eigenvalue weighted by molar-refractivity contribution is -0.384. The van der Waals surface area contributed by atoms with Crippen molar-refractivity contribution in [1.82, 2.24) is 9.78 Å². The van der Waals surface area contributed by atoms with Crippen LogP contribution in [0.2, 0.25) is 5.02 Å². The summed E-state index contributed by atoms with van der Waals surface area (Å²) in [4.78, 5) is 21.2. The highest BCUT2D eigenvalue weighted by atomic mass is 35.5. The van der Waals surface area contributed by atoms with Crippen LogP contribution in [0.1, 0.15) is 16.1 Å². The highest BCUT2D eigenvalue weighted by molar-refractivity contribution is 6.33. The van der Waals surface area contributed by atoms with Gasteiger partial charge in [-0.1, -0.05) is 11.6 Å². The first kappa shape index (κ1) is 13.0. The maximum absolute atomic E-state index is 11.2. The van der Waals surface area contributed by atoms with Crippen LogP contribution in [-0.4, -0.2) is 25.8 Å². The van der Waals surface area contributed by atoms with Gasteiger partial charge in [0.05, 0.1) is 26.9 Å². The van der Waals surface area contributed by atoms with Crippen molar-refractivity contribution < 1.29 is 14.8 Å². The third-order valence-electron chi connectivity index (χ3n) is 2.44. The number of carbonyl (C=O) groups is 1. The minimum Gasteiger partial charge on any atom is -0.478 e. The maximum Gasteiger partial charge on any atom is 0.338 e. The van der Waals surface area contributed by atoms with Gasteiger partial charge in [-0.2, -0.15) is 5.10 Å². The van der Waals surface area contributed by atoms with Gasteiger partial charge in [0.25, 0.3) is 5.69 Å². The van der Waals surface area contributed by atoms with Gasteiger partial charge in [0.1, 0.15) is 0 Å². The SMILES string of the molecule is Cc1ccn(-c2c(Cl)cc([N+](=O)[O-])cc2C(=O)O)n1. The Morgan fingerprint density at radius 2 is 2.21 bits per heavy atom. The fraction of sp³-hybridized carbons (Fsp3) is 0.0909. The molecule has 2 aromatic rings. The number of halogens is 1. The highest BCUT2D eigenvalue weighted by Crippen LogP contribution is 2.29. The Labute approximate surface area is 112 Å². The highest BCUT2D eigenvalue weighted by Gasteiger charge is 2.21. The first-order valence-corrected chi connectivity index (χ1v) is 5.52. The van der Waals surface area contributed by atoms with E-state index in [0.717, 1.165) is 12.1 Å². The Bertz CT molecular complexity index is 681. The van der Waals surface area contributed by atoms with E-state index in [1.807, 2.05) is 0 Å². The molecule has 1 aromatic carbocycles. The second-order valence-corrected chi connectivity index (χ2v) is 4.19. The van der Waals surface area contributed by atoms with Crippen molar-refractivity contribution >= 4 is 23.3 Å². The molecule has 0 fully saturated rings. The summed E-state index contributed by atoms with van der Waals surface area (Å²) < 4.78 is 1.28. The molecule has 0 amide bonds. The monoisotopic (exact) mass is 281 g/mol. The number of aromatic carboxylic acids is 1. The van der Waals surface area contributed by atoms with Gasteiger partial charge in [0, 0.05) is 18.3 Å². The van der Waals surface area contributed by atoms with E-state index in [1.165, 1.54) is 10.9 Å². The molecule has 0 unspecified atom stereocenters. The largest absolute Gasteiger partial charge is 0.478 e. The lowest BCUT2D eigenvalue weighted by atomic mass is 10.1. The van der Waals surface area contributed by atoms with Crippen molar-refractivity contribution in [2.75, 3.05) is 0 Å². The summed E-state index contributed by atoms with van der Waals surface area (Å²) in [5.41, 5.74) is 0.121. The van der Waals surface area contributed by atoms with Crippen LogP contribution in [0.25, 0.3) is 5.69 Å². The van der Waals surface area contributed by atoms with Crippen LogP contribution < -0.4 is 0 Å². The zero-order valence-electron chi connectivity index (χ0n) is 9.70. The van der Waals surface area contributed by atoms with E-state index in [4.69, 9.17) is 16.7 Å². The number of hydrogen-bond acceptors (Lipinski definition) is 4. The van der Waals surface area contributed by atoms with Gasteiger partial charge in [-0.05, 0) is 13.0 Å². The van der Waals surface area contributed by atoms with Crippen LogP contribution in [0.5, 0.6) is 0 Å². The number of aromatic nitrogens is 2. The Kier molecular flexibility index (Phi) is 3.22. The van der Waals surface area contributed by atoms with Gasteiger partial charge < -0.3 is 5.11 Å². The molecule has 0 saturated heterocycles. The number of carboxylic acids is 1. The molecule has 98 valence electrons. The molecule has 8 heteroatoms. The van der Waals surface area contributed by atoms with Gasteiger partial charge in [0.2, 0.25) is 0 Å². The molecule has 1 N–H and O–H groups in total. The summed E-state index contributed by atoms with van der Waals surface area (Å²) in [6.07, 6.45) is 1.54. The number of aryl methyl sites for hydroxylation is 1. The molecular weight excluding hydrogens is 274 g/mol. The molecule has 0 aliphatic carbocycles. The number of nitrogens with zero attached hydrogens (tertiary/aromatic N) is 3. The van der Waals surface area contributed by atoms with Gasteiger partial charge in [0.15, 0.2) is 0 Å². The molecule has 0 bridgehead atoms. The van der Waals surface area contributed by atoms with Crippen LogP contribution in [0, 0.1) is 17.0 Å². The fourth-order valence-corrected chi connectivity index (χ4v) is 1.93. The molecule has 0 spiro atoms. The minimum atomic E-state index is -1.31. The van der Waals surface area contributed by atoms with E-state index in [9.17, 15) is 14.9 Å². The normalized spacial score (nSPS) is 10.4. The summed E-state index contributed by atoms with van der Waals surface area (Å²) >= 11 is 5.94. The van der Waals surface area contributed by atoms with E-state index < -0.39 is 10.9 Å². The van der Waals surface area contributed by atoms with E-state index in [0.29, 0.717) is 5.69 Å². The van der Waals surface area contributed by atoms with Gasteiger partial charge in [-0.15, -0.1) is 0 Å². The fourth-order valence-electron chi connectivity index (χ4n) is 1.63. The van der Waals surface area contributed by atoms with Crippen molar-refractivity contribution in [3.63, 3.8) is 0 Å². The second kappa shape index (κ2) is 4.69. The molecule has 0 atom stereocenters. The molecule has 1 aromatic heterocycles. The Morgan fingerprint density at radius 1 is 1.53 bits per heavy atom. The summed E-state index contributed by atoms with van der Waals surface area (Å²) in [7, 11) is 0. The van der Waals surface area contributed by atoms with Crippen LogP contribution in [0.15, 0.2) is 24.4 Å². The third kappa shape index (κ3) is 2.41. The standard InChI is InChI=1S/C11H8ClN3O4/c1-6-2-3-14(13-6)10-8(11(16)17)4-7(15(18)19)5-9(10)12/h2-5H,1H3,(H,16,17). The zero-order chi connectivity index (χ0) is 14.2. The molecule has 0 aliphatic heterocycles. The molecule has 0 radical (unpaired) electrons. The first-order chi connectivity index (χ1) is 8.90. The quantitative estimate of drug-likeness (QED) is 0.688. The van der Waals surface area contributed by atoms with E-state index in [2.05, 4.69) is 5.10 Å². The maximum atomic E-state index is 11.2. The minimum absolute atomic E-state index is 0.0466. The van der Waals surface area contributed by atoms with Crippen LogP contribution in [0.3, 0.4) is 0 Å². The summed E-state index contributed by atoms with van der Waals surface area (Å²) in [5.74, 6) is -1.31. The third-order valence-corrected chi connectivity index (χ3v) is 2.73. The first-order valence-electron chi connectivity index (χ1n) is 5.14. The Hall–Kier alpha value is -2.41. The number of nitro benzene ring substituents is 1. The zero-order valence-corrected chi connectivity index (χ0v) is 10.5. The molecule has 0 aliphatic rings. The number of nitro groups is 1. The van der Waals surface area contributed by atoms with Gasteiger partial charge >= 0.3 is 5.97 Å². The summed E-state index contributed by atoms with van der Waals surface area (Å²) in [6.45, 7) is 1.73. The van der Waals surface area contributed by atoms with E-state index >= 15 is 0 Å². The van der Waals surface area contributed by atoms with Crippen LogP contribution >= 0.6 is 11.6 Å². The number of non-ortho nitro benzene ring substituents is 1. The number of benzene rings is 1. The molecule has 0 saturated carbocycles. The van der Waals surface area contributed by atoms with Crippen molar-refractivity contribution in [2.45, 2.75) is 6.92 Å².